The third-order valence-electron chi connectivity index (χ3n) is 2.61. The van der Waals surface area contributed by atoms with E-state index in [1.165, 1.54) is 6.26 Å². The monoisotopic (exact) mass is 295 g/mol. The van der Waals surface area contributed by atoms with E-state index in [4.69, 9.17) is 10.2 Å². The lowest BCUT2D eigenvalue weighted by molar-refractivity contribution is 0.399. The first kappa shape index (κ1) is 12.7. The van der Waals surface area contributed by atoms with Gasteiger partial charge in [-0.15, -0.1) is 0 Å². The van der Waals surface area contributed by atoms with E-state index in [9.17, 15) is 8.42 Å². The molecule has 1 rings (SSSR count). The minimum absolute atomic E-state index is 0.456. The topological polar surface area (TPSA) is 73.3 Å². The Labute approximate surface area is 97.9 Å². The first-order valence-corrected chi connectivity index (χ1v) is 7.05. The van der Waals surface area contributed by atoms with Crippen LogP contribution in [-0.4, -0.2) is 19.4 Å². The molecule has 0 radical (unpaired) electrons. The van der Waals surface area contributed by atoms with Crippen LogP contribution in [0.4, 0.5) is 0 Å². The van der Waals surface area contributed by atoms with Crippen molar-refractivity contribution in [3.63, 3.8) is 0 Å². The Kier molecular flexibility index (Phi) is 3.33. The van der Waals surface area contributed by atoms with E-state index >= 15 is 0 Å². The molecule has 1 atom stereocenters. The second-order valence-corrected chi connectivity index (χ2v) is 7.37. The Morgan fingerprint density at radius 2 is 2.00 bits per heavy atom. The molecule has 0 bridgehead atoms. The van der Waals surface area contributed by atoms with Gasteiger partial charge in [0.05, 0.1) is 10.8 Å². The maximum atomic E-state index is 11.5. The largest absolute Gasteiger partial charge is 0.453 e. The van der Waals surface area contributed by atoms with Gasteiger partial charge in [0.15, 0.2) is 14.5 Å². The molecule has 0 saturated heterocycles. The Morgan fingerprint density at radius 1 is 1.47 bits per heavy atom. The highest BCUT2D eigenvalue weighted by Gasteiger charge is 2.39. The first-order valence-electron chi connectivity index (χ1n) is 4.36. The van der Waals surface area contributed by atoms with Gasteiger partial charge in [0, 0.05) is 6.26 Å². The van der Waals surface area contributed by atoms with Gasteiger partial charge in [-0.3, -0.25) is 0 Å². The van der Waals surface area contributed by atoms with Crippen LogP contribution in [0.5, 0.6) is 0 Å². The standard InChI is InChI=1S/C9H14BrNO3S/c1-9(2,15(3,12)13)8(11)6-4-5-7(10)14-6/h4-5,8H,11H2,1-3H3. The van der Waals surface area contributed by atoms with Crippen molar-refractivity contribution in [1.82, 2.24) is 0 Å². The van der Waals surface area contributed by atoms with Crippen LogP contribution in [0.2, 0.25) is 0 Å². The molecule has 0 aromatic carbocycles. The van der Waals surface area contributed by atoms with Crippen molar-refractivity contribution in [2.45, 2.75) is 24.6 Å². The second kappa shape index (κ2) is 3.92. The van der Waals surface area contributed by atoms with E-state index in [2.05, 4.69) is 15.9 Å². The average Bonchev–Trinajstić information content (AvgIpc) is 2.48. The smallest absolute Gasteiger partial charge is 0.169 e. The fraction of sp³-hybridized carbons (Fsp3) is 0.556. The van der Waals surface area contributed by atoms with Gasteiger partial charge in [-0.1, -0.05) is 0 Å². The Bertz CT molecular complexity index is 450. The zero-order valence-electron chi connectivity index (χ0n) is 8.82. The molecular weight excluding hydrogens is 282 g/mol. The molecule has 1 aromatic rings. The molecule has 1 unspecified atom stereocenters. The van der Waals surface area contributed by atoms with Crippen molar-refractivity contribution < 1.29 is 12.8 Å². The van der Waals surface area contributed by atoms with E-state index in [-0.39, 0.29) is 0 Å². The summed E-state index contributed by atoms with van der Waals surface area (Å²) in [7, 11) is -3.24. The van der Waals surface area contributed by atoms with Crippen molar-refractivity contribution in [3.8, 4) is 0 Å². The summed E-state index contributed by atoms with van der Waals surface area (Å²) in [6.07, 6.45) is 1.17. The van der Waals surface area contributed by atoms with Crippen molar-refractivity contribution >= 4 is 25.8 Å². The lowest BCUT2D eigenvalue weighted by Crippen LogP contribution is -2.42. The van der Waals surface area contributed by atoms with Crippen molar-refractivity contribution in [1.29, 1.82) is 0 Å². The van der Waals surface area contributed by atoms with Gasteiger partial charge in [-0.2, -0.15) is 0 Å². The maximum absolute atomic E-state index is 11.5. The molecule has 0 aliphatic heterocycles. The van der Waals surface area contributed by atoms with Crippen LogP contribution in [0.25, 0.3) is 0 Å². The van der Waals surface area contributed by atoms with Crippen molar-refractivity contribution in [2.24, 2.45) is 5.73 Å². The van der Waals surface area contributed by atoms with Crippen LogP contribution in [0, 0.1) is 0 Å². The molecule has 4 nitrogen and oxygen atoms in total. The molecule has 1 heterocycles. The van der Waals surface area contributed by atoms with Crippen LogP contribution in [0.15, 0.2) is 21.2 Å². The molecule has 0 amide bonds. The molecule has 0 saturated carbocycles. The van der Waals surface area contributed by atoms with Gasteiger partial charge in [-0.05, 0) is 41.9 Å². The maximum Gasteiger partial charge on any atom is 0.169 e. The zero-order valence-corrected chi connectivity index (χ0v) is 11.2. The summed E-state index contributed by atoms with van der Waals surface area (Å²) in [6, 6.07) is 2.67. The molecule has 15 heavy (non-hydrogen) atoms. The third kappa shape index (κ3) is 2.43. The van der Waals surface area contributed by atoms with E-state index in [0.29, 0.717) is 10.4 Å². The minimum Gasteiger partial charge on any atom is -0.453 e. The highest BCUT2D eigenvalue weighted by atomic mass is 79.9. The SMILES string of the molecule is CC(C)(C(N)c1ccc(Br)o1)S(C)(=O)=O. The van der Waals surface area contributed by atoms with E-state index in [0.717, 1.165) is 0 Å². The fourth-order valence-electron chi connectivity index (χ4n) is 1.07. The van der Waals surface area contributed by atoms with Crippen LogP contribution in [-0.2, 0) is 9.84 Å². The van der Waals surface area contributed by atoms with E-state index < -0.39 is 20.6 Å². The van der Waals surface area contributed by atoms with Gasteiger partial charge in [-0.25, -0.2) is 8.42 Å². The summed E-state index contributed by atoms with van der Waals surface area (Å²) < 4.78 is 27.8. The Balaban J connectivity index is 3.10. The highest BCUT2D eigenvalue weighted by Crippen LogP contribution is 2.31. The Hall–Kier alpha value is -0.330. The first-order chi connectivity index (χ1) is 6.66. The minimum atomic E-state index is -3.24. The van der Waals surface area contributed by atoms with Crippen LogP contribution in [0.3, 0.4) is 0 Å². The second-order valence-electron chi connectivity index (χ2n) is 4.00. The normalized spacial score (nSPS) is 15.3. The number of sulfone groups is 1. The van der Waals surface area contributed by atoms with E-state index in [1.807, 2.05) is 0 Å². The molecule has 0 fully saturated rings. The molecular formula is C9H14BrNO3S. The summed E-state index contributed by atoms with van der Waals surface area (Å²) in [6.45, 7) is 3.17. The quantitative estimate of drug-likeness (QED) is 0.924. The predicted molar refractivity (Wildman–Crippen MR) is 62.3 cm³/mol. The van der Waals surface area contributed by atoms with Crippen LogP contribution in [0.1, 0.15) is 25.6 Å². The molecule has 86 valence electrons. The lowest BCUT2D eigenvalue weighted by Gasteiger charge is -2.27. The number of rotatable bonds is 3. The van der Waals surface area contributed by atoms with Crippen LogP contribution < -0.4 is 5.73 Å². The fourth-order valence-corrected chi connectivity index (χ4v) is 1.97. The van der Waals surface area contributed by atoms with Gasteiger partial charge in [0.1, 0.15) is 5.76 Å². The number of hydrogen-bond acceptors (Lipinski definition) is 4. The summed E-state index contributed by atoms with van der Waals surface area (Å²) in [5.41, 5.74) is 5.88. The van der Waals surface area contributed by atoms with Gasteiger partial charge < -0.3 is 10.2 Å². The molecule has 2 N–H and O–H groups in total. The van der Waals surface area contributed by atoms with Crippen molar-refractivity contribution in [2.75, 3.05) is 6.26 Å². The molecule has 0 aliphatic carbocycles. The number of furan rings is 1. The summed E-state index contributed by atoms with van der Waals surface area (Å²) in [4.78, 5) is 0. The third-order valence-corrected chi connectivity index (χ3v) is 5.20. The molecule has 1 aromatic heterocycles. The van der Waals surface area contributed by atoms with E-state index in [1.54, 1.807) is 26.0 Å². The summed E-state index contributed by atoms with van der Waals surface area (Å²) >= 11 is 3.15. The zero-order chi connectivity index (χ0) is 11.9. The highest BCUT2D eigenvalue weighted by molar-refractivity contribution is 9.10. The predicted octanol–water partition coefficient (Wildman–Crippen LogP) is 1.87. The number of nitrogens with two attached hydrogens (primary N) is 1. The lowest BCUT2D eigenvalue weighted by atomic mass is 10.0. The van der Waals surface area contributed by atoms with Crippen molar-refractivity contribution in [3.05, 3.63) is 22.6 Å². The number of hydrogen-bond donors (Lipinski definition) is 1. The molecule has 6 heteroatoms. The number of halogens is 1. The van der Waals surface area contributed by atoms with Gasteiger partial charge >= 0.3 is 0 Å². The molecule has 0 aliphatic rings. The van der Waals surface area contributed by atoms with Gasteiger partial charge in [0.25, 0.3) is 0 Å². The average molecular weight is 296 g/mol. The molecule has 0 spiro atoms. The summed E-state index contributed by atoms with van der Waals surface area (Å²) in [5.74, 6) is 0.456. The van der Waals surface area contributed by atoms with Gasteiger partial charge in [0.2, 0.25) is 0 Å². The Morgan fingerprint density at radius 3 is 2.33 bits per heavy atom. The summed E-state index contributed by atoms with van der Waals surface area (Å²) in [5, 5.41) is 0. The van der Waals surface area contributed by atoms with Crippen LogP contribution >= 0.6 is 15.9 Å².